The van der Waals surface area contributed by atoms with Crippen molar-refractivity contribution >= 4 is 27.5 Å². The van der Waals surface area contributed by atoms with Gasteiger partial charge in [-0.2, -0.15) is 0 Å². The molecule has 0 bridgehead atoms. The Kier molecular flexibility index (Phi) is 3.10. The Labute approximate surface area is 98.2 Å². The van der Waals surface area contributed by atoms with Gasteiger partial charge in [0, 0.05) is 10.9 Å². The summed E-state index contributed by atoms with van der Waals surface area (Å²) in [5.74, 6) is 0.518. The normalized spacial score (nSPS) is 19.6. The average Bonchev–Trinajstić information content (AvgIpc) is 2.20. The second-order valence-electron chi connectivity index (χ2n) is 3.94. The summed E-state index contributed by atoms with van der Waals surface area (Å²) in [6.07, 6.45) is 2.82. The number of hydrogen-bond donors (Lipinski definition) is 1. The number of nitrogens with one attached hydrogen (secondary N) is 1. The van der Waals surface area contributed by atoms with Crippen LogP contribution in [0.5, 0.6) is 0 Å². The number of anilines is 1. The van der Waals surface area contributed by atoms with E-state index in [1.165, 1.54) is 5.56 Å². The lowest BCUT2D eigenvalue weighted by Gasteiger charge is -2.26. The van der Waals surface area contributed by atoms with Crippen LogP contribution in [0.1, 0.15) is 37.7 Å². The average molecular weight is 268 g/mol. The molecule has 0 aromatic heterocycles. The highest BCUT2D eigenvalue weighted by Crippen LogP contribution is 2.38. The summed E-state index contributed by atoms with van der Waals surface area (Å²) >= 11 is 3.47. The van der Waals surface area contributed by atoms with Gasteiger partial charge in [0.2, 0.25) is 5.91 Å². The van der Waals surface area contributed by atoms with Crippen molar-refractivity contribution in [3.8, 4) is 0 Å². The molecule has 1 heterocycles. The van der Waals surface area contributed by atoms with Crippen molar-refractivity contribution in [3.63, 3.8) is 0 Å². The fourth-order valence-electron chi connectivity index (χ4n) is 2.14. The zero-order chi connectivity index (χ0) is 10.8. The highest BCUT2D eigenvalue weighted by atomic mass is 79.9. The van der Waals surface area contributed by atoms with E-state index >= 15 is 0 Å². The molecule has 1 N–H and O–H groups in total. The summed E-state index contributed by atoms with van der Waals surface area (Å²) in [7, 11) is 0. The van der Waals surface area contributed by atoms with Crippen molar-refractivity contribution < 1.29 is 4.79 Å². The molecule has 1 aromatic rings. The maximum Gasteiger partial charge on any atom is 0.225 e. The van der Waals surface area contributed by atoms with Crippen LogP contribution in [0.25, 0.3) is 0 Å². The fourth-order valence-corrected chi connectivity index (χ4v) is 2.62. The zero-order valence-electron chi connectivity index (χ0n) is 8.72. The summed E-state index contributed by atoms with van der Waals surface area (Å²) < 4.78 is 0.981. The molecule has 1 aliphatic rings. The van der Waals surface area contributed by atoms with Gasteiger partial charge in [0.05, 0.1) is 5.69 Å². The van der Waals surface area contributed by atoms with Gasteiger partial charge >= 0.3 is 0 Å². The van der Waals surface area contributed by atoms with Gasteiger partial charge < -0.3 is 5.32 Å². The maximum atomic E-state index is 11.5. The Balaban J connectivity index is 2.41. The number of para-hydroxylation sites is 1. The summed E-state index contributed by atoms with van der Waals surface area (Å²) in [5.41, 5.74) is 2.23. The number of hydrogen-bond acceptors (Lipinski definition) is 1. The third-order valence-electron chi connectivity index (χ3n) is 2.82. The largest absolute Gasteiger partial charge is 0.325 e. The van der Waals surface area contributed by atoms with Crippen LogP contribution < -0.4 is 5.32 Å². The third kappa shape index (κ3) is 2.07. The Bertz CT molecular complexity index is 389. The second-order valence-corrected chi connectivity index (χ2v) is 4.80. The van der Waals surface area contributed by atoms with Crippen LogP contribution in [0, 0.1) is 0 Å². The summed E-state index contributed by atoms with van der Waals surface area (Å²) in [4.78, 5) is 11.5. The quantitative estimate of drug-likeness (QED) is 0.871. The number of halogens is 1. The van der Waals surface area contributed by atoms with Crippen molar-refractivity contribution in [2.75, 3.05) is 5.32 Å². The van der Waals surface area contributed by atoms with Crippen LogP contribution in [-0.4, -0.2) is 5.91 Å². The van der Waals surface area contributed by atoms with Crippen molar-refractivity contribution in [2.24, 2.45) is 0 Å². The highest BCUT2D eigenvalue weighted by Gasteiger charge is 2.25. The van der Waals surface area contributed by atoms with E-state index in [-0.39, 0.29) is 5.91 Å². The van der Waals surface area contributed by atoms with Crippen molar-refractivity contribution in [1.29, 1.82) is 0 Å². The van der Waals surface area contributed by atoms with E-state index in [1.807, 2.05) is 12.1 Å². The number of rotatable bonds is 2. The first-order chi connectivity index (χ1) is 7.22. The van der Waals surface area contributed by atoms with E-state index in [0.717, 1.165) is 23.0 Å². The molecular weight excluding hydrogens is 254 g/mol. The Hall–Kier alpha value is -0.830. The first-order valence-electron chi connectivity index (χ1n) is 5.30. The molecule has 3 heteroatoms. The number of amides is 1. The number of carbonyl (C=O) groups is 1. The smallest absolute Gasteiger partial charge is 0.225 e. The molecular formula is C12H14BrNO. The van der Waals surface area contributed by atoms with E-state index < -0.39 is 0 Å². The van der Waals surface area contributed by atoms with Gasteiger partial charge in [0.25, 0.3) is 0 Å². The van der Waals surface area contributed by atoms with Gasteiger partial charge in [-0.15, -0.1) is 0 Å². The first-order valence-corrected chi connectivity index (χ1v) is 6.10. The molecule has 2 rings (SSSR count). The standard InChI is InChI=1S/C12H14BrNO/c1-2-4-8-7-11(15)14-12-9(8)5-3-6-10(12)13/h3,5-6,8H,2,4,7H2,1H3,(H,14,15). The van der Waals surface area contributed by atoms with Gasteiger partial charge in [-0.05, 0) is 39.9 Å². The van der Waals surface area contributed by atoms with Gasteiger partial charge in [-0.1, -0.05) is 25.5 Å². The molecule has 0 aliphatic carbocycles. The van der Waals surface area contributed by atoms with Crippen LogP contribution in [0.2, 0.25) is 0 Å². The number of carbonyl (C=O) groups excluding carboxylic acids is 1. The molecule has 80 valence electrons. The fraction of sp³-hybridized carbons (Fsp3) is 0.417. The van der Waals surface area contributed by atoms with Crippen molar-refractivity contribution in [1.82, 2.24) is 0 Å². The minimum absolute atomic E-state index is 0.132. The number of fused-ring (bicyclic) bond motifs is 1. The Morgan fingerprint density at radius 1 is 1.53 bits per heavy atom. The summed E-state index contributed by atoms with van der Waals surface area (Å²) in [6.45, 7) is 2.16. The van der Waals surface area contributed by atoms with E-state index in [9.17, 15) is 4.79 Å². The molecule has 0 spiro atoms. The van der Waals surface area contributed by atoms with E-state index in [1.54, 1.807) is 0 Å². The maximum absolute atomic E-state index is 11.5. The lowest BCUT2D eigenvalue weighted by molar-refractivity contribution is -0.116. The molecule has 1 atom stereocenters. The van der Waals surface area contributed by atoms with Crippen LogP contribution >= 0.6 is 15.9 Å². The van der Waals surface area contributed by atoms with Crippen LogP contribution in [-0.2, 0) is 4.79 Å². The lowest BCUT2D eigenvalue weighted by Crippen LogP contribution is -2.23. The minimum atomic E-state index is 0.132. The molecule has 1 aliphatic heterocycles. The Morgan fingerprint density at radius 3 is 3.07 bits per heavy atom. The molecule has 1 aromatic carbocycles. The molecule has 1 unspecified atom stereocenters. The predicted octanol–water partition coefficient (Wildman–Crippen LogP) is 3.68. The predicted molar refractivity (Wildman–Crippen MR) is 65.0 cm³/mol. The molecule has 2 nitrogen and oxygen atoms in total. The Morgan fingerprint density at radius 2 is 2.33 bits per heavy atom. The molecule has 1 amide bonds. The topological polar surface area (TPSA) is 29.1 Å². The van der Waals surface area contributed by atoms with Crippen LogP contribution in [0.3, 0.4) is 0 Å². The van der Waals surface area contributed by atoms with Gasteiger partial charge in [0.15, 0.2) is 0 Å². The second kappa shape index (κ2) is 4.35. The minimum Gasteiger partial charge on any atom is -0.325 e. The van der Waals surface area contributed by atoms with E-state index in [2.05, 4.69) is 34.2 Å². The lowest BCUT2D eigenvalue weighted by atomic mass is 9.87. The summed E-state index contributed by atoms with van der Waals surface area (Å²) in [5, 5.41) is 2.93. The highest BCUT2D eigenvalue weighted by molar-refractivity contribution is 9.10. The van der Waals surface area contributed by atoms with E-state index in [4.69, 9.17) is 0 Å². The number of benzene rings is 1. The first kappa shape index (κ1) is 10.7. The SMILES string of the molecule is CCCC1CC(=O)Nc2c(Br)cccc21. The molecule has 15 heavy (non-hydrogen) atoms. The van der Waals surface area contributed by atoms with Gasteiger partial charge in [-0.25, -0.2) is 0 Å². The summed E-state index contributed by atoms with van der Waals surface area (Å²) in [6, 6.07) is 6.11. The van der Waals surface area contributed by atoms with Crippen molar-refractivity contribution in [3.05, 3.63) is 28.2 Å². The molecule has 0 radical (unpaired) electrons. The van der Waals surface area contributed by atoms with Crippen LogP contribution in [0.15, 0.2) is 22.7 Å². The van der Waals surface area contributed by atoms with Gasteiger partial charge in [-0.3, -0.25) is 4.79 Å². The molecule has 0 fully saturated rings. The molecule has 0 saturated heterocycles. The molecule has 0 saturated carbocycles. The van der Waals surface area contributed by atoms with E-state index in [0.29, 0.717) is 12.3 Å². The van der Waals surface area contributed by atoms with Crippen LogP contribution in [0.4, 0.5) is 5.69 Å². The zero-order valence-corrected chi connectivity index (χ0v) is 10.3. The van der Waals surface area contributed by atoms with Crippen molar-refractivity contribution in [2.45, 2.75) is 32.1 Å². The third-order valence-corrected chi connectivity index (χ3v) is 3.48. The van der Waals surface area contributed by atoms with Gasteiger partial charge in [0.1, 0.15) is 0 Å². The monoisotopic (exact) mass is 267 g/mol.